The van der Waals surface area contributed by atoms with Gasteiger partial charge in [0.05, 0.1) is 5.56 Å². The lowest BCUT2D eigenvalue weighted by atomic mass is 10.0. The van der Waals surface area contributed by atoms with E-state index in [0.717, 1.165) is 18.4 Å². The number of aryl methyl sites for hydroxylation is 2. The monoisotopic (exact) mass is 656 g/mol. The van der Waals surface area contributed by atoms with E-state index in [0.29, 0.717) is 17.1 Å². The van der Waals surface area contributed by atoms with Crippen molar-refractivity contribution in [2.24, 2.45) is 0 Å². The van der Waals surface area contributed by atoms with Gasteiger partial charge in [-0.3, -0.25) is 0 Å². The Morgan fingerprint density at radius 3 is 1.25 bits per heavy atom. The van der Waals surface area contributed by atoms with E-state index >= 15 is 0 Å². The second kappa shape index (κ2) is 25.8. The van der Waals surface area contributed by atoms with Gasteiger partial charge in [-0.15, -0.1) is 0 Å². The summed E-state index contributed by atoms with van der Waals surface area (Å²) < 4.78 is 5.62. The summed E-state index contributed by atoms with van der Waals surface area (Å²) in [6.45, 7) is 4.83. The van der Waals surface area contributed by atoms with Crippen LogP contribution >= 0.6 is 0 Å². The fourth-order valence-corrected chi connectivity index (χ4v) is 6.14. The predicted octanol–water partition coefficient (Wildman–Crippen LogP) is 13.3. The topological polar surface area (TPSA) is 44.8 Å². The number of carbonyl (C=O) groups excluding carboxylic acids is 1. The molecule has 3 rings (SSSR count). The zero-order valence-corrected chi connectivity index (χ0v) is 30.3. The van der Waals surface area contributed by atoms with Crippen LogP contribution in [0, 0.1) is 0 Å². The van der Waals surface area contributed by atoms with E-state index in [4.69, 9.17) is 14.5 Å². The van der Waals surface area contributed by atoms with Crippen LogP contribution in [0.5, 0.6) is 11.5 Å². The van der Waals surface area contributed by atoms with Crippen molar-refractivity contribution in [2.75, 3.05) is 0 Å². The van der Waals surface area contributed by atoms with Gasteiger partial charge in [0.25, 0.3) is 0 Å². The lowest BCUT2D eigenvalue weighted by Crippen LogP contribution is -2.08. The lowest BCUT2D eigenvalue weighted by molar-refractivity contribution is -0.217. The minimum absolute atomic E-state index is 0.288. The molecule has 0 fully saturated rings. The maximum absolute atomic E-state index is 12.7. The highest BCUT2D eigenvalue weighted by atomic mass is 17.2. The molecule has 0 amide bonds. The van der Waals surface area contributed by atoms with Crippen molar-refractivity contribution in [3.05, 3.63) is 95.1 Å². The minimum atomic E-state index is -0.362. The summed E-state index contributed by atoms with van der Waals surface area (Å²) in [6.07, 6.45) is 29.2. The third-order valence-corrected chi connectivity index (χ3v) is 9.27. The highest BCUT2D eigenvalue weighted by Gasteiger charge is 2.09. The molecule has 48 heavy (non-hydrogen) atoms. The van der Waals surface area contributed by atoms with E-state index < -0.39 is 0 Å². The van der Waals surface area contributed by atoms with E-state index in [1.54, 1.807) is 12.1 Å². The molecule has 264 valence electrons. The van der Waals surface area contributed by atoms with Gasteiger partial charge in [0, 0.05) is 0 Å². The van der Waals surface area contributed by atoms with Crippen LogP contribution in [-0.2, 0) is 24.3 Å². The Morgan fingerprint density at radius 1 is 0.438 bits per heavy atom. The minimum Gasteiger partial charge on any atom is -0.423 e. The second-order valence-electron chi connectivity index (χ2n) is 13.6. The van der Waals surface area contributed by atoms with E-state index in [9.17, 15) is 4.79 Å². The smallest absolute Gasteiger partial charge is 0.343 e. The molecule has 0 aliphatic rings. The molecule has 0 radical (unpaired) electrons. The van der Waals surface area contributed by atoms with Crippen LogP contribution in [-0.4, -0.2) is 5.97 Å². The Bertz CT molecular complexity index is 1200. The fourth-order valence-electron chi connectivity index (χ4n) is 6.14. The first-order valence-electron chi connectivity index (χ1n) is 19.5. The molecular weight excluding hydrogens is 592 g/mol. The third-order valence-electron chi connectivity index (χ3n) is 9.27. The van der Waals surface area contributed by atoms with Crippen LogP contribution in [0.4, 0.5) is 0 Å². The third kappa shape index (κ3) is 17.9. The average molecular weight is 657 g/mol. The molecule has 0 aliphatic carbocycles. The quantitative estimate of drug-likeness (QED) is 0.0256. The van der Waals surface area contributed by atoms with Crippen molar-refractivity contribution in [1.29, 1.82) is 0 Å². The Morgan fingerprint density at radius 2 is 0.812 bits per heavy atom. The normalized spacial score (nSPS) is 11.1. The Balaban J connectivity index is 1.24. The number of hydrogen-bond acceptors (Lipinski definition) is 4. The molecule has 0 atom stereocenters. The fraction of sp³-hybridized carbons (Fsp3) is 0.568. The lowest BCUT2D eigenvalue weighted by Gasteiger charge is -2.08. The zero-order chi connectivity index (χ0) is 33.9. The number of hydrogen-bond donors (Lipinski definition) is 0. The first-order valence-corrected chi connectivity index (χ1v) is 19.5. The maximum atomic E-state index is 12.7. The average Bonchev–Trinajstić information content (AvgIpc) is 3.11. The Labute approximate surface area is 292 Å². The Hall–Kier alpha value is -3.11. The van der Waals surface area contributed by atoms with Crippen molar-refractivity contribution in [1.82, 2.24) is 0 Å². The number of benzene rings is 3. The molecule has 0 N–H and O–H groups in total. The van der Waals surface area contributed by atoms with Gasteiger partial charge in [0.1, 0.15) is 12.4 Å². The van der Waals surface area contributed by atoms with Crippen LogP contribution in [0.1, 0.15) is 169 Å². The molecule has 4 heteroatoms. The number of ether oxygens (including phenoxy) is 1. The van der Waals surface area contributed by atoms with Crippen molar-refractivity contribution in [2.45, 2.75) is 162 Å². The molecule has 0 saturated heterocycles. The van der Waals surface area contributed by atoms with Crippen molar-refractivity contribution >= 4 is 5.97 Å². The molecular formula is C44H64O4. The van der Waals surface area contributed by atoms with Crippen molar-refractivity contribution in [3.8, 4) is 11.5 Å². The van der Waals surface area contributed by atoms with Gasteiger partial charge in [0.15, 0.2) is 5.75 Å². The SMILES string of the molecule is CCCCCCCCCCCCc1ccc(OOCc2ccc(C(=O)Oc3ccc(CCCCCCCCCCCC)cc3)cc2)cc1. The molecule has 0 spiro atoms. The molecule has 0 aromatic heterocycles. The number of carbonyl (C=O) groups is 1. The Kier molecular flexibility index (Phi) is 21.2. The molecule has 0 heterocycles. The van der Waals surface area contributed by atoms with Gasteiger partial charge in [-0.25, -0.2) is 4.79 Å². The predicted molar refractivity (Wildman–Crippen MR) is 201 cm³/mol. The molecule has 0 saturated carbocycles. The van der Waals surface area contributed by atoms with E-state index in [1.165, 1.54) is 140 Å². The number of rotatable bonds is 28. The first kappa shape index (κ1) is 39.3. The van der Waals surface area contributed by atoms with Gasteiger partial charge in [0.2, 0.25) is 0 Å². The van der Waals surface area contributed by atoms with E-state index in [2.05, 4.69) is 38.1 Å². The zero-order valence-electron chi connectivity index (χ0n) is 30.3. The second-order valence-corrected chi connectivity index (χ2v) is 13.6. The summed E-state index contributed by atoms with van der Waals surface area (Å²) in [5.74, 6) is 0.901. The largest absolute Gasteiger partial charge is 0.423 e. The van der Waals surface area contributed by atoms with Crippen LogP contribution in [0.15, 0.2) is 72.8 Å². The van der Waals surface area contributed by atoms with Gasteiger partial charge in [-0.2, -0.15) is 4.89 Å². The highest BCUT2D eigenvalue weighted by Crippen LogP contribution is 2.19. The number of unbranched alkanes of at least 4 members (excludes halogenated alkanes) is 18. The molecule has 3 aromatic carbocycles. The molecule has 0 bridgehead atoms. The summed E-state index contributed by atoms with van der Waals surface area (Å²) in [6, 6.07) is 23.4. The first-order chi connectivity index (χ1) is 23.7. The van der Waals surface area contributed by atoms with Gasteiger partial charge < -0.3 is 9.62 Å². The standard InChI is InChI=1S/C44H64O4/c1-3-5-7-9-11-13-15-17-19-21-23-38-27-33-42(34-28-38)47-44(45)41-31-25-40(26-32-41)37-46-48-43-35-29-39(30-36-43)24-22-20-18-16-14-12-10-8-6-4-2/h25-36H,3-24,37H2,1-2H3. The van der Waals surface area contributed by atoms with Crippen LogP contribution in [0.2, 0.25) is 0 Å². The summed E-state index contributed by atoms with van der Waals surface area (Å²) in [5, 5.41) is 0. The van der Waals surface area contributed by atoms with Crippen LogP contribution < -0.4 is 9.62 Å². The molecule has 4 nitrogen and oxygen atoms in total. The molecule has 3 aromatic rings. The van der Waals surface area contributed by atoms with Crippen molar-refractivity contribution < 1.29 is 19.3 Å². The summed E-state index contributed by atoms with van der Waals surface area (Å²) in [4.78, 5) is 23.7. The number of esters is 1. The molecule has 0 aliphatic heterocycles. The van der Waals surface area contributed by atoms with Crippen LogP contribution in [0.25, 0.3) is 0 Å². The van der Waals surface area contributed by atoms with E-state index in [-0.39, 0.29) is 12.6 Å². The summed E-state index contributed by atoms with van der Waals surface area (Å²) in [5.41, 5.74) is 4.05. The highest BCUT2D eigenvalue weighted by molar-refractivity contribution is 5.91. The maximum Gasteiger partial charge on any atom is 0.343 e. The summed E-state index contributed by atoms with van der Waals surface area (Å²) >= 11 is 0. The van der Waals surface area contributed by atoms with Crippen LogP contribution in [0.3, 0.4) is 0 Å². The summed E-state index contributed by atoms with van der Waals surface area (Å²) in [7, 11) is 0. The molecule has 0 unspecified atom stereocenters. The van der Waals surface area contributed by atoms with Gasteiger partial charge >= 0.3 is 5.97 Å². The van der Waals surface area contributed by atoms with Crippen molar-refractivity contribution in [3.63, 3.8) is 0 Å². The van der Waals surface area contributed by atoms with Gasteiger partial charge in [-0.05, 0) is 78.8 Å². The van der Waals surface area contributed by atoms with E-state index in [1.807, 2.05) is 36.4 Å². The van der Waals surface area contributed by atoms with Gasteiger partial charge in [-0.1, -0.05) is 166 Å².